The number of hydrogen-bond acceptors (Lipinski definition) is 2. The maximum atomic E-state index is 12.9. The van der Waals surface area contributed by atoms with Gasteiger partial charge in [-0.15, -0.1) is 17.7 Å². The molecular formula is C16H25CrFNO-. The number of halogens is 1. The first-order chi connectivity index (χ1) is 9.00. The van der Waals surface area contributed by atoms with Crippen LogP contribution >= 0.6 is 0 Å². The molecule has 2 nitrogen and oxygen atoms in total. The van der Waals surface area contributed by atoms with E-state index < -0.39 is 0 Å². The maximum absolute atomic E-state index is 12.9. The smallest absolute Gasteiger partial charge is 0.106 e. The molecule has 0 aromatic heterocycles. The molecule has 0 spiro atoms. The van der Waals surface area contributed by atoms with Crippen molar-refractivity contribution in [3.63, 3.8) is 0 Å². The van der Waals surface area contributed by atoms with Crippen molar-refractivity contribution in [1.29, 1.82) is 0 Å². The molecule has 0 saturated carbocycles. The third kappa shape index (κ3) is 8.48. The summed E-state index contributed by atoms with van der Waals surface area (Å²) in [6.45, 7) is 9.61. The van der Waals surface area contributed by atoms with Gasteiger partial charge in [-0.1, -0.05) is 20.8 Å². The zero-order valence-electron chi connectivity index (χ0n) is 12.9. The Balaban J connectivity index is 0. The molecule has 1 aromatic rings. The van der Waals surface area contributed by atoms with Crippen LogP contribution in [0, 0.1) is 17.8 Å². The van der Waals surface area contributed by atoms with Gasteiger partial charge >= 0.3 is 0 Å². The van der Waals surface area contributed by atoms with Crippen LogP contribution in [0.5, 0.6) is 0 Å². The average Bonchev–Trinajstić information content (AvgIpc) is 2.77. The Kier molecular flexibility index (Phi) is 13.1. The molecule has 1 aliphatic heterocycles. The van der Waals surface area contributed by atoms with E-state index in [9.17, 15) is 4.39 Å². The van der Waals surface area contributed by atoms with E-state index in [1.54, 1.807) is 12.1 Å². The van der Waals surface area contributed by atoms with Gasteiger partial charge in [0, 0.05) is 29.2 Å². The van der Waals surface area contributed by atoms with Crippen LogP contribution in [-0.4, -0.2) is 25.3 Å². The Morgan fingerprint density at radius 2 is 1.95 bits per heavy atom. The van der Waals surface area contributed by atoms with Gasteiger partial charge in [0.2, 0.25) is 0 Å². The largest absolute Gasteiger partial charge is 0.307 e. The first-order valence-corrected chi connectivity index (χ1v) is 6.67. The standard InChI is InChI=1S/C11H13FN.C4H10.CH2O.Cr/c1-13-7-3-6-11(13)9-4-2-5-10(12)8-9;1-4(2)3;1-2;/h2,5,8,11H,3,6-7H2,1H3;4H,1-3H3;1H2;/q-1;;;/t11-;;;/m0.../s1. The van der Waals surface area contributed by atoms with Crippen molar-refractivity contribution in [2.75, 3.05) is 13.6 Å². The fraction of sp³-hybridized carbons (Fsp3) is 0.562. The second-order valence-electron chi connectivity index (χ2n) is 5.33. The Labute approximate surface area is 133 Å². The summed E-state index contributed by atoms with van der Waals surface area (Å²) in [7, 11) is 2.08. The predicted octanol–water partition coefficient (Wildman–Crippen LogP) is 3.87. The number of hydrogen-bond donors (Lipinski definition) is 0. The van der Waals surface area contributed by atoms with Gasteiger partial charge in [-0.2, -0.15) is 12.1 Å². The SMILES string of the molecule is C=O.CC(C)C.CN1CCC[C@H]1c1[c-]ccc(F)c1.[Cr]. The second-order valence-corrected chi connectivity index (χ2v) is 5.33. The fourth-order valence-electron chi connectivity index (χ4n) is 1.95. The van der Waals surface area contributed by atoms with E-state index in [4.69, 9.17) is 4.79 Å². The van der Waals surface area contributed by atoms with Gasteiger partial charge in [0.1, 0.15) is 6.79 Å². The number of rotatable bonds is 1. The maximum Gasteiger partial charge on any atom is 0.106 e. The van der Waals surface area contributed by atoms with Gasteiger partial charge in [-0.3, -0.25) is 0 Å². The number of likely N-dealkylation sites (tertiary alicyclic amines) is 1. The first kappa shape index (κ1) is 21.6. The van der Waals surface area contributed by atoms with Crippen molar-refractivity contribution < 1.29 is 26.5 Å². The van der Waals surface area contributed by atoms with Crippen molar-refractivity contribution in [2.24, 2.45) is 5.92 Å². The molecular weight excluding hydrogens is 293 g/mol. The Morgan fingerprint density at radius 1 is 1.40 bits per heavy atom. The van der Waals surface area contributed by atoms with Crippen molar-refractivity contribution >= 4 is 6.79 Å². The van der Waals surface area contributed by atoms with Gasteiger partial charge < -0.3 is 9.69 Å². The molecule has 2 rings (SSSR count). The summed E-state index contributed by atoms with van der Waals surface area (Å²) in [4.78, 5) is 10.3. The Morgan fingerprint density at radius 3 is 2.35 bits per heavy atom. The van der Waals surface area contributed by atoms with E-state index >= 15 is 0 Å². The molecule has 0 N–H and O–H groups in total. The van der Waals surface area contributed by atoms with Crippen LogP contribution < -0.4 is 0 Å². The zero-order chi connectivity index (χ0) is 14.8. The van der Waals surface area contributed by atoms with Gasteiger partial charge in [0.15, 0.2) is 0 Å². The van der Waals surface area contributed by atoms with Crippen molar-refractivity contribution in [2.45, 2.75) is 39.7 Å². The number of carbonyl (C=O) groups excluding carboxylic acids is 1. The summed E-state index contributed by atoms with van der Waals surface area (Å²) in [5.41, 5.74) is 0.986. The molecule has 4 heteroatoms. The minimum Gasteiger partial charge on any atom is -0.307 e. The molecule has 0 aliphatic carbocycles. The van der Waals surface area contributed by atoms with E-state index in [0.29, 0.717) is 6.04 Å². The zero-order valence-corrected chi connectivity index (χ0v) is 14.1. The monoisotopic (exact) mass is 318 g/mol. The Bertz CT molecular complexity index is 357. The summed E-state index contributed by atoms with van der Waals surface area (Å²) < 4.78 is 12.9. The van der Waals surface area contributed by atoms with Crippen LogP contribution in [0.25, 0.3) is 0 Å². The van der Waals surface area contributed by atoms with Gasteiger partial charge in [-0.05, 0) is 32.4 Å². The van der Waals surface area contributed by atoms with Crippen molar-refractivity contribution in [1.82, 2.24) is 4.90 Å². The molecule has 1 aromatic carbocycles. The van der Waals surface area contributed by atoms with E-state index in [-0.39, 0.29) is 23.2 Å². The summed E-state index contributed by atoms with van der Waals surface area (Å²) in [6, 6.07) is 8.17. The van der Waals surface area contributed by atoms with Crippen molar-refractivity contribution in [3.05, 3.63) is 35.6 Å². The van der Waals surface area contributed by atoms with Crippen LogP contribution in [0.3, 0.4) is 0 Å². The normalized spacial score (nSPS) is 17.4. The van der Waals surface area contributed by atoms with E-state index in [2.05, 4.69) is 38.8 Å². The topological polar surface area (TPSA) is 20.3 Å². The molecule has 1 atom stereocenters. The summed E-state index contributed by atoms with van der Waals surface area (Å²) in [5, 5.41) is 0. The van der Waals surface area contributed by atoms with Gasteiger partial charge in [0.05, 0.1) is 0 Å². The Hall–Kier alpha value is -0.688. The molecule has 0 bridgehead atoms. The van der Waals surface area contributed by atoms with Crippen LogP contribution in [0.1, 0.15) is 45.2 Å². The molecule has 20 heavy (non-hydrogen) atoms. The molecule has 1 saturated heterocycles. The molecule has 0 radical (unpaired) electrons. The number of nitrogens with zero attached hydrogens (tertiary/aromatic N) is 1. The predicted molar refractivity (Wildman–Crippen MR) is 77.5 cm³/mol. The minimum absolute atomic E-state index is 0. The summed E-state index contributed by atoms with van der Waals surface area (Å²) in [6.07, 6.45) is 2.32. The first-order valence-electron chi connectivity index (χ1n) is 6.67. The average molecular weight is 318 g/mol. The quantitative estimate of drug-likeness (QED) is 0.733. The van der Waals surface area contributed by atoms with Crippen LogP contribution in [0.15, 0.2) is 18.2 Å². The molecule has 1 aliphatic rings. The third-order valence-electron chi connectivity index (χ3n) is 2.67. The molecule has 114 valence electrons. The van der Waals surface area contributed by atoms with E-state index in [0.717, 1.165) is 24.4 Å². The molecule has 0 unspecified atom stereocenters. The van der Waals surface area contributed by atoms with E-state index in [1.165, 1.54) is 12.5 Å². The minimum atomic E-state index is -0.158. The molecule has 0 amide bonds. The van der Waals surface area contributed by atoms with Crippen LogP contribution in [-0.2, 0) is 22.2 Å². The molecule has 1 fully saturated rings. The summed E-state index contributed by atoms with van der Waals surface area (Å²) >= 11 is 0. The van der Waals surface area contributed by atoms with Gasteiger partial charge in [-0.25, -0.2) is 4.39 Å². The number of benzene rings is 1. The molecule has 1 heterocycles. The van der Waals surface area contributed by atoms with Gasteiger partial charge in [0.25, 0.3) is 0 Å². The van der Waals surface area contributed by atoms with Crippen molar-refractivity contribution in [3.8, 4) is 0 Å². The van der Waals surface area contributed by atoms with E-state index in [1.807, 2.05) is 6.79 Å². The third-order valence-corrected chi connectivity index (χ3v) is 2.67. The fourth-order valence-corrected chi connectivity index (χ4v) is 1.95. The number of carbonyl (C=O) groups is 1. The van der Waals surface area contributed by atoms with Crippen LogP contribution in [0.2, 0.25) is 0 Å². The summed E-state index contributed by atoms with van der Waals surface area (Å²) in [5.74, 6) is 0.675. The second kappa shape index (κ2) is 12.1. The van der Waals surface area contributed by atoms with Crippen LogP contribution in [0.4, 0.5) is 4.39 Å².